The van der Waals surface area contributed by atoms with E-state index in [1.54, 1.807) is 6.92 Å². The average Bonchev–Trinajstić information content (AvgIpc) is 3.09. The van der Waals surface area contributed by atoms with Gasteiger partial charge in [-0.05, 0) is 25.8 Å². The summed E-state index contributed by atoms with van der Waals surface area (Å²) < 4.78 is 34.0. The van der Waals surface area contributed by atoms with E-state index in [1.807, 2.05) is 0 Å². The molecule has 13 nitrogen and oxygen atoms in total. The van der Waals surface area contributed by atoms with E-state index >= 15 is 0 Å². The molecule has 0 radical (unpaired) electrons. The molecule has 1 saturated heterocycles. The van der Waals surface area contributed by atoms with Crippen molar-refractivity contribution in [3.8, 4) is 0 Å². The first-order chi connectivity index (χ1) is 19.9. The van der Waals surface area contributed by atoms with Crippen LogP contribution in [0.15, 0.2) is 23.8 Å². The van der Waals surface area contributed by atoms with Crippen LogP contribution in [0.25, 0.3) is 0 Å². The molecule has 0 aromatic heterocycles. The summed E-state index contributed by atoms with van der Waals surface area (Å²) in [7, 11) is 0. The number of fused-ring (bicyclic) bond motifs is 2. The second kappa shape index (κ2) is 12.9. The van der Waals surface area contributed by atoms with Crippen molar-refractivity contribution in [3.63, 3.8) is 0 Å². The van der Waals surface area contributed by atoms with Crippen molar-refractivity contribution in [2.45, 2.75) is 104 Å². The molecule has 3 aliphatic rings. The number of hydrogen-bond donors (Lipinski definition) is 1. The second-order valence-electron chi connectivity index (χ2n) is 11.6. The zero-order valence-electron chi connectivity index (χ0n) is 25.5. The Morgan fingerprint density at radius 1 is 0.930 bits per heavy atom. The molecule has 0 aromatic rings. The predicted molar refractivity (Wildman–Crippen MR) is 146 cm³/mol. The summed E-state index contributed by atoms with van der Waals surface area (Å²) in [6, 6.07) is 0. The molecule has 0 aromatic carbocycles. The lowest BCUT2D eigenvalue weighted by molar-refractivity contribution is -0.222. The van der Waals surface area contributed by atoms with Crippen LogP contribution in [-0.4, -0.2) is 83.7 Å². The summed E-state index contributed by atoms with van der Waals surface area (Å²) in [5.74, 6) is -6.71. The van der Waals surface area contributed by atoms with Crippen LogP contribution in [0.2, 0.25) is 0 Å². The topological polar surface area (TPSA) is 178 Å². The van der Waals surface area contributed by atoms with Crippen LogP contribution >= 0.6 is 0 Å². The lowest BCUT2D eigenvalue weighted by Crippen LogP contribution is -2.66. The molecule has 2 aliphatic carbocycles. The van der Waals surface area contributed by atoms with Gasteiger partial charge in [-0.25, -0.2) is 0 Å². The van der Waals surface area contributed by atoms with Crippen LogP contribution < -0.4 is 0 Å². The third-order valence-electron chi connectivity index (χ3n) is 8.60. The van der Waals surface area contributed by atoms with Gasteiger partial charge in [-0.15, -0.1) is 0 Å². The normalized spacial score (nSPS) is 36.8. The Kier molecular flexibility index (Phi) is 10.1. The molecule has 1 aliphatic heterocycles. The van der Waals surface area contributed by atoms with Crippen LogP contribution in [0.4, 0.5) is 0 Å². The molecule has 2 fully saturated rings. The molecule has 1 saturated carbocycles. The van der Waals surface area contributed by atoms with Gasteiger partial charge >= 0.3 is 35.8 Å². The fourth-order valence-corrected chi connectivity index (χ4v) is 6.63. The lowest BCUT2D eigenvalue weighted by atomic mass is 9.54. The average molecular weight is 609 g/mol. The van der Waals surface area contributed by atoms with E-state index in [0.717, 1.165) is 20.8 Å². The molecular formula is C30H40O13. The summed E-state index contributed by atoms with van der Waals surface area (Å²) >= 11 is 0. The fraction of sp³-hybridized carbons (Fsp3) is 0.667. The Balaban J connectivity index is 2.46. The minimum atomic E-state index is -2.25. The van der Waals surface area contributed by atoms with Gasteiger partial charge < -0.3 is 33.5 Å². The van der Waals surface area contributed by atoms with Crippen molar-refractivity contribution < 1.29 is 62.3 Å². The Bertz CT molecular complexity index is 1220. The molecule has 3 rings (SSSR count). The maximum absolute atomic E-state index is 13.1. The van der Waals surface area contributed by atoms with E-state index in [-0.39, 0.29) is 24.8 Å². The van der Waals surface area contributed by atoms with E-state index in [9.17, 15) is 33.9 Å². The highest BCUT2D eigenvalue weighted by atomic mass is 16.6. The van der Waals surface area contributed by atoms with Crippen molar-refractivity contribution in [2.75, 3.05) is 6.61 Å². The smallest absolute Gasteiger partial charge is 0.312 e. The molecule has 1 N–H and O–H groups in total. The van der Waals surface area contributed by atoms with Crippen LogP contribution in [0.3, 0.4) is 0 Å². The van der Waals surface area contributed by atoms with Crippen molar-refractivity contribution in [3.05, 3.63) is 23.8 Å². The summed E-state index contributed by atoms with van der Waals surface area (Å²) in [4.78, 5) is 74.7. The Morgan fingerprint density at radius 3 is 2.02 bits per heavy atom. The fourth-order valence-electron chi connectivity index (χ4n) is 6.63. The SMILES string of the molecule is C=C1CC[C@H](OC(C)=O)[C@]2(C)[C@@H](OC(C)=O)C[C@@H](OC(C)=O)/C(COC(C)=O)=C\[C@@H]3OC(=O)[C@H](C)[C@@]3(O)[C@@H](OC(C)=O)[C@@H]12. The first kappa shape index (κ1) is 33.8. The van der Waals surface area contributed by atoms with Gasteiger partial charge in [0.15, 0.2) is 11.7 Å². The zero-order valence-corrected chi connectivity index (χ0v) is 25.5. The number of carbonyl (C=O) groups is 6. The molecule has 9 atom stereocenters. The number of esters is 6. The molecule has 0 spiro atoms. The number of ether oxygens (including phenoxy) is 6. The van der Waals surface area contributed by atoms with Gasteiger partial charge in [-0.1, -0.05) is 19.1 Å². The second-order valence-corrected chi connectivity index (χ2v) is 11.6. The highest BCUT2D eigenvalue weighted by Gasteiger charge is 2.68. The first-order valence-corrected chi connectivity index (χ1v) is 14.1. The summed E-state index contributed by atoms with van der Waals surface area (Å²) in [5, 5.41) is 12.5. The Labute approximate surface area is 249 Å². The molecule has 1 heterocycles. The third-order valence-corrected chi connectivity index (χ3v) is 8.60. The number of hydrogen-bond acceptors (Lipinski definition) is 13. The molecule has 13 heteroatoms. The number of rotatable bonds is 6. The minimum Gasteiger partial charge on any atom is -0.462 e. The maximum atomic E-state index is 13.1. The quantitative estimate of drug-likeness (QED) is 0.263. The van der Waals surface area contributed by atoms with Crippen LogP contribution in [0.1, 0.15) is 67.7 Å². The summed E-state index contributed by atoms with van der Waals surface area (Å²) in [6.45, 7) is 12.6. The van der Waals surface area contributed by atoms with Crippen molar-refractivity contribution in [1.29, 1.82) is 0 Å². The number of carbonyl (C=O) groups excluding carboxylic acids is 6. The highest BCUT2D eigenvalue weighted by molar-refractivity contribution is 5.78. The largest absolute Gasteiger partial charge is 0.462 e. The lowest BCUT2D eigenvalue weighted by Gasteiger charge is -2.55. The van der Waals surface area contributed by atoms with E-state index in [4.69, 9.17) is 28.4 Å². The van der Waals surface area contributed by atoms with Gasteiger partial charge in [0.25, 0.3) is 0 Å². The van der Waals surface area contributed by atoms with Gasteiger partial charge in [-0.2, -0.15) is 0 Å². The first-order valence-electron chi connectivity index (χ1n) is 14.1. The van der Waals surface area contributed by atoms with Gasteiger partial charge in [0.1, 0.15) is 31.0 Å². The van der Waals surface area contributed by atoms with E-state index < -0.39 is 95.8 Å². The molecule has 0 bridgehead atoms. The molecule has 0 unspecified atom stereocenters. The predicted octanol–water partition coefficient (Wildman–Crippen LogP) is 1.87. The summed E-state index contributed by atoms with van der Waals surface area (Å²) in [6.07, 6.45) is -4.84. The van der Waals surface area contributed by atoms with Gasteiger partial charge in [0, 0.05) is 52.5 Å². The van der Waals surface area contributed by atoms with Crippen LogP contribution in [0.5, 0.6) is 0 Å². The molecular weight excluding hydrogens is 568 g/mol. The van der Waals surface area contributed by atoms with Crippen molar-refractivity contribution in [2.24, 2.45) is 17.3 Å². The third kappa shape index (κ3) is 6.76. The minimum absolute atomic E-state index is 0.107. The van der Waals surface area contributed by atoms with Gasteiger partial charge in [0.05, 0.1) is 11.3 Å². The monoisotopic (exact) mass is 608 g/mol. The van der Waals surface area contributed by atoms with Gasteiger partial charge in [-0.3, -0.25) is 28.8 Å². The van der Waals surface area contributed by atoms with Gasteiger partial charge in [0.2, 0.25) is 0 Å². The molecule has 238 valence electrons. The number of aliphatic hydroxyl groups is 1. The zero-order chi connectivity index (χ0) is 32.4. The molecule has 43 heavy (non-hydrogen) atoms. The van der Waals surface area contributed by atoms with Crippen molar-refractivity contribution in [1.82, 2.24) is 0 Å². The highest BCUT2D eigenvalue weighted by Crippen LogP contribution is 2.56. The van der Waals surface area contributed by atoms with Crippen LogP contribution in [0, 0.1) is 17.3 Å². The van der Waals surface area contributed by atoms with Crippen molar-refractivity contribution >= 4 is 35.8 Å². The van der Waals surface area contributed by atoms with Crippen LogP contribution in [-0.2, 0) is 57.2 Å². The van der Waals surface area contributed by atoms with E-state index in [1.165, 1.54) is 26.8 Å². The summed E-state index contributed by atoms with van der Waals surface area (Å²) in [5.41, 5.74) is -3.14. The Hall–Kier alpha value is -3.74. The van der Waals surface area contributed by atoms with E-state index in [0.29, 0.717) is 5.57 Å². The Morgan fingerprint density at radius 2 is 1.49 bits per heavy atom. The standard InChI is InChI=1S/C30H40O13/c1-14-9-10-23(40-18(5)33)29(8)24(41-19(6)34)12-22(39-17(4)32)21(13-38-16(3)31)11-25-30(37,15(2)28(36)43-25)27(26(14)29)42-20(7)35/h11,15,22-27,37H,1,9-10,12-13H2,2-8H3/b21-11-/t15-,22+,23-,24-,25-,26+,27-,29+,30-/m0/s1. The van der Waals surface area contributed by atoms with E-state index in [2.05, 4.69) is 6.58 Å². The maximum Gasteiger partial charge on any atom is 0.312 e. The molecule has 0 amide bonds.